The van der Waals surface area contributed by atoms with Crippen molar-refractivity contribution in [1.29, 1.82) is 0 Å². The van der Waals surface area contributed by atoms with Crippen LogP contribution in [-0.4, -0.2) is 16.9 Å². The molecule has 96 valence electrons. The molecule has 2 aromatic rings. The Balaban J connectivity index is 2.32. The number of aromatic nitrogens is 1. The number of rotatable bonds is 4. The van der Waals surface area contributed by atoms with Gasteiger partial charge in [-0.15, -0.1) is 0 Å². The standard InChI is InChI=1S/C12H16N4O2/c1-6(2)9(11(14)17)15-12-16-10-7(13)4-3-5-8(10)18-12/h3-6,9H,13H2,1-2H3,(H2,14,17)(H,15,16). The first-order valence-electron chi connectivity index (χ1n) is 5.70. The number of nitrogens with zero attached hydrogens (tertiary/aromatic N) is 1. The number of oxazole rings is 1. The summed E-state index contributed by atoms with van der Waals surface area (Å²) in [4.78, 5) is 15.5. The van der Waals surface area contributed by atoms with Gasteiger partial charge < -0.3 is 21.2 Å². The SMILES string of the molecule is CC(C)C(Nc1nc2c(N)cccc2o1)C(N)=O. The summed E-state index contributed by atoms with van der Waals surface area (Å²) < 4.78 is 5.47. The van der Waals surface area contributed by atoms with Crippen LogP contribution in [0, 0.1) is 5.92 Å². The Morgan fingerprint density at radius 1 is 1.44 bits per heavy atom. The van der Waals surface area contributed by atoms with Crippen molar-refractivity contribution in [2.75, 3.05) is 11.1 Å². The van der Waals surface area contributed by atoms with Gasteiger partial charge in [0.05, 0.1) is 5.69 Å². The highest BCUT2D eigenvalue weighted by molar-refractivity contribution is 5.87. The average molecular weight is 248 g/mol. The summed E-state index contributed by atoms with van der Waals surface area (Å²) >= 11 is 0. The highest BCUT2D eigenvalue weighted by atomic mass is 16.4. The summed E-state index contributed by atoms with van der Waals surface area (Å²) in [5.74, 6) is -0.407. The highest BCUT2D eigenvalue weighted by Gasteiger charge is 2.21. The summed E-state index contributed by atoms with van der Waals surface area (Å²) in [7, 11) is 0. The second-order valence-electron chi connectivity index (χ2n) is 4.48. The second-order valence-corrected chi connectivity index (χ2v) is 4.48. The number of nitrogens with one attached hydrogen (secondary N) is 1. The Morgan fingerprint density at radius 3 is 2.72 bits per heavy atom. The third-order valence-corrected chi connectivity index (χ3v) is 2.70. The zero-order valence-electron chi connectivity index (χ0n) is 10.3. The molecule has 0 aliphatic rings. The number of carbonyl (C=O) groups excluding carboxylic acids is 1. The minimum Gasteiger partial charge on any atom is -0.423 e. The monoisotopic (exact) mass is 248 g/mol. The van der Waals surface area contributed by atoms with Gasteiger partial charge in [-0.05, 0) is 18.1 Å². The number of carbonyl (C=O) groups is 1. The van der Waals surface area contributed by atoms with E-state index in [1.54, 1.807) is 18.2 Å². The summed E-state index contributed by atoms with van der Waals surface area (Å²) in [6.45, 7) is 3.78. The van der Waals surface area contributed by atoms with Crippen molar-refractivity contribution in [2.45, 2.75) is 19.9 Å². The van der Waals surface area contributed by atoms with Crippen molar-refractivity contribution in [1.82, 2.24) is 4.98 Å². The second kappa shape index (κ2) is 4.56. The number of nitrogen functional groups attached to an aromatic ring is 1. The maximum absolute atomic E-state index is 11.3. The van der Waals surface area contributed by atoms with Crippen molar-refractivity contribution < 1.29 is 9.21 Å². The number of nitrogens with two attached hydrogens (primary N) is 2. The van der Waals surface area contributed by atoms with E-state index < -0.39 is 11.9 Å². The van der Waals surface area contributed by atoms with Gasteiger partial charge in [-0.3, -0.25) is 4.79 Å². The van der Waals surface area contributed by atoms with Crippen molar-refractivity contribution in [3.05, 3.63) is 18.2 Å². The van der Waals surface area contributed by atoms with Crippen LogP contribution >= 0.6 is 0 Å². The molecule has 18 heavy (non-hydrogen) atoms. The van der Waals surface area contributed by atoms with Gasteiger partial charge in [0.2, 0.25) is 5.91 Å². The van der Waals surface area contributed by atoms with Crippen molar-refractivity contribution in [2.24, 2.45) is 11.7 Å². The maximum atomic E-state index is 11.3. The van der Waals surface area contributed by atoms with Crippen LogP contribution < -0.4 is 16.8 Å². The molecule has 0 aliphatic carbocycles. The number of fused-ring (bicyclic) bond motifs is 1. The fraction of sp³-hybridized carbons (Fsp3) is 0.333. The van der Waals surface area contributed by atoms with Crippen LogP contribution in [0.5, 0.6) is 0 Å². The lowest BCUT2D eigenvalue weighted by Gasteiger charge is -2.17. The first-order valence-corrected chi connectivity index (χ1v) is 5.70. The van der Waals surface area contributed by atoms with Crippen molar-refractivity contribution in [3.63, 3.8) is 0 Å². The third-order valence-electron chi connectivity index (χ3n) is 2.70. The Hall–Kier alpha value is -2.24. The smallest absolute Gasteiger partial charge is 0.296 e. The van der Waals surface area contributed by atoms with Gasteiger partial charge in [0.1, 0.15) is 11.6 Å². The Kier molecular flexibility index (Phi) is 3.10. The zero-order valence-corrected chi connectivity index (χ0v) is 10.3. The lowest BCUT2D eigenvalue weighted by atomic mass is 10.0. The molecule has 6 nitrogen and oxygen atoms in total. The fourth-order valence-corrected chi connectivity index (χ4v) is 1.73. The van der Waals surface area contributed by atoms with Crippen LogP contribution in [0.3, 0.4) is 0 Å². The number of hydrogen-bond donors (Lipinski definition) is 3. The van der Waals surface area contributed by atoms with E-state index in [0.717, 1.165) is 0 Å². The first kappa shape index (κ1) is 12.2. The molecule has 1 aromatic carbocycles. The lowest BCUT2D eigenvalue weighted by molar-refractivity contribution is -0.119. The van der Waals surface area contributed by atoms with Crippen LogP contribution in [0.15, 0.2) is 22.6 Å². The molecule has 0 bridgehead atoms. The minimum absolute atomic E-state index is 0.0369. The normalized spacial score (nSPS) is 12.8. The van der Waals surface area contributed by atoms with Gasteiger partial charge in [0.25, 0.3) is 6.01 Å². The van der Waals surface area contributed by atoms with E-state index in [1.165, 1.54) is 0 Å². The predicted octanol–water partition coefficient (Wildman–Crippen LogP) is 1.33. The molecule has 6 heteroatoms. The summed E-state index contributed by atoms with van der Waals surface area (Å²) in [5.41, 5.74) is 12.8. The number of hydrogen-bond acceptors (Lipinski definition) is 5. The van der Waals surface area contributed by atoms with E-state index in [0.29, 0.717) is 16.8 Å². The molecule has 2 rings (SSSR count). The molecule has 1 heterocycles. The van der Waals surface area contributed by atoms with E-state index in [-0.39, 0.29) is 11.9 Å². The number of amides is 1. The molecular formula is C12H16N4O2. The zero-order chi connectivity index (χ0) is 13.3. The van der Waals surface area contributed by atoms with Crippen LogP contribution in [0.1, 0.15) is 13.8 Å². The Bertz CT molecular complexity index is 576. The maximum Gasteiger partial charge on any atom is 0.296 e. The van der Waals surface area contributed by atoms with Crippen molar-refractivity contribution >= 4 is 28.7 Å². The first-order chi connectivity index (χ1) is 8.49. The topological polar surface area (TPSA) is 107 Å². The number of benzene rings is 1. The Labute approximate surface area is 104 Å². The van der Waals surface area contributed by atoms with Crippen LogP contribution in [-0.2, 0) is 4.79 Å². The molecule has 5 N–H and O–H groups in total. The van der Waals surface area contributed by atoms with Crippen LogP contribution in [0.25, 0.3) is 11.1 Å². The van der Waals surface area contributed by atoms with Gasteiger partial charge in [-0.1, -0.05) is 19.9 Å². The molecule has 0 radical (unpaired) electrons. The molecule has 1 aromatic heterocycles. The van der Waals surface area contributed by atoms with Gasteiger partial charge in [-0.25, -0.2) is 0 Å². The molecule has 1 amide bonds. The predicted molar refractivity (Wildman–Crippen MR) is 69.9 cm³/mol. The molecule has 0 spiro atoms. The molecule has 0 aliphatic heterocycles. The van der Waals surface area contributed by atoms with Gasteiger partial charge in [0.15, 0.2) is 5.58 Å². The van der Waals surface area contributed by atoms with Gasteiger partial charge >= 0.3 is 0 Å². The molecule has 0 fully saturated rings. The molecule has 0 saturated carbocycles. The highest BCUT2D eigenvalue weighted by Crippen LogP contribution is 2.24. The van der Waals surface area contributed by atoms with E-state index >= 15 is 0 Å². The molecule has 1 atom stereocenters. The Morgan fingerprint density at radius 2 is 2.17 bits per heavy atom. The van der Waals surface area contributed by atoms with E-state index in [2.05, 4.69) is 10.3 Å². The van der Waals surface area contributed by atoms with Crippen molar-refractivity contribution in [3.8, 4) is 0 Å². The van der Waals surface area contributed by atoms with E-state index in [1.807, 2.05) is 13.8 Å². The van der Waals surface area contributed by atoms with E-state index in [4.69, 9.17) is 15.9 Å². The average Bonchev–Trinajstić information content (AvgIpc) is 2.69. The largest absolute Gasteiger partial charge is 0.423 e. The minimum atomic E-state index is -0.528. The molecule has 1 unspecified atom stereocenters. The van der Waals surface area contributed by atoms with E-state index in [9.17, 15) is 4.79 Å². The van der Waals surface area contributed by atoms with Gasteiger partial charge in [0, 0.05) is 0 Å². The van der Waals surface area contributed by atoms with Crippen LogP contribution in [0.2, 0.25) is 0 Å². The summed E-state index contributed by atoms with van der Waals surface area (Å²) in [6, 6.07) is 5.00. The lowest BCUT2D eigenvalue weighted by Crippen LogP contribution is -2.39. The quantitative estimate of drug-likeness (QED) is 0.707. The molecular weight excluding hydrogens is 232 g/mol. The summed E-state index contributed by atoms with van der Waals surface area (Å²) in [6.07, 6.45) is 0. The number of primary amides is 1. The van der Waals surface area contributed by atoms with Gasteiger partial charge in [-0.2, -0.15) is 4.98 Å². The number of anilines is 2. The fourth-order valence-electron chi connectivity index (χ4n) is 1.73. The third kappa shape index (κ3) is 2.22. The van der Waals surface area contributed by atoms with Crippen LogP contribution in [0.4, 0.5) is 11.7 Å². The molecule has 0 saturated heterocycles. The summed E-state index contributed by atoms with van der Waals surface area (Å²) in [5, 5.41) is 2.89. The number of para-hydroxylation sites is 1.